The summed E-state index contributed by atoms with van der Waals surface area (Å²) < 4.78 is 297. The number of thiol groups is 1. The van der Waals surface area contributed by atoms with Gasteiger partial charge >= 0.3 is 59.8 Å². The SMILES string of the molecule is C=COCCOc1c(OCCCCCCS)ccc2cc(C(=O)Oc3ccc(C(=O)Oc4cc(C(F)(F)C(F)(F)C(F)(F)C(F)(F)F)cc(C(F)(F)C(F)(F)C(F)(F)C(F)(F)F)c4/C=C/CC)cc3F)ccc12. The van der Waals surface area contributed by atoms with Crippen molar-refractivity contribution in [3.8, 4) is 23.0 Å². The zero-order valence-electron chi connectivity index (χ0n) is 37.1. The Morgan fingerprint density at radius 3 is 1.70 bits per heavy atom. The van der Waals surface area contributed by atoms with Gasteiger partial charge in [-0.1, -0.05) is 44.6 Å². The topological polar surface area (TPSA) is 80.3 Å². The zero-order valence-corrected chi connectivity index (χ0v) is 38.0. The van der Waals surface area contributed by atoms with E-state index in [2.05, 4.69) is 23.9 Å². The number of hydrogen-bond donors (Lipinski definition) is 1. The summed E-state index contributed by atoms with van der Waals surface area (Å²) in [7, 11) is 0. The number of fused-ring (bicyclic) bond motifs is 1. The average Bonchev–Trinajstić information content (AvgIpc) is 3.30. The molecule has 7 nitrogen and oxygen atoms in total. The second-order valence-electron chi connectivity index (χ2n) is 15.3. The second kappa shape index (κ2) is 22.6. The molecule has 0 saturated heterocycles. The van der Waals surface area contributed by atoms with E-state index in [4.69, 9.17) is 18.9 Å². The third kappa shape index (κ3) is 12.2. The van der Waals surface area contributed by atoms with E-state index in [-0.39, 0.29) is 36.7 Å². The van der Waals surface area contributed by atoms with Gasteiger partial charge in [-0.3, -0.25) is 0 Å². The quantitative estimate of drug-likeness (QED) is 0.0187. The number of alkyl halides is 18. The Kier molecular flexibility index (Phi) is 18.4. The van der Waals surface area contributed by atoms with E-state index >= 15 is 22.0 Å². The molecule has 402 valence electrons. The molecule has 4 aromatic rings. The molecule has 0 radical (unpaired) electrons. The molecular weight excluding hydrogens is 1060 g/mol. The predicted molar refractivity (Wildman–Crippen MR) is 225 cm³/mol. The van der Waals surface area contributed by atoms with Crippen LogP contribution >= 0.6 is 12.6 Å². The van der Waals surface area contributed by atoms with E-state index in [1.807, 2.05) is 0 Å². The van der Waals surface area contributed by atoms with E-state index in [1.165, 1.54) is 36.6 Å². The van der Waals surface area contributed by atoms with Gasteiger partial charge < -0.3 is 23.7 Å². The van der Waals surface area contributed by atoms with Gasteiger partial charge in [-0.25, -0.2) is 14.0 Å². The standard InChI is InChI=1S/C46H37F19O7S/c1-3-5-10-30-31(40(50,51)42(54,55)44(58,59)46(63,64)65)23-28(39(48,49)41(52,53)43(56,57)45(60,61)62)24-35(30)72-38(67)27-13-15-33(32(47)22-27)71-37(66)26-11-14-29-25(21-26)12-16-34(36(29)70-19-18-68-4-2)69-17-8-6-7-9-20-73/h4-5,10-16,21-24,73H,2-3,6-9,17-20H2,1H3/b10-5+. The fourth-order valence-corrected chi connectivity index (χ4v) is 6.61. The van der Waals surface area contributed by atoms with Gasteiger partial charge in [-0.15, -0.1) is 0 Å². The van der Waals surface area contributed by atoms with Crippen LogP contribution < -0.4 is 18.9 Å². The summed E-state index contributed by atoms with van der Waals surface area (Å²) >= 11 is 4.17. The van der Waals surface area contributed by atoms with E-state index in [0.717, 1.165) is 31.9 Å². The Morgan fingerprint density at radius 1 is 0.589 bits per heavy atom. The second-order valence-corrected chi connectivity index (χ2v) is 15.8. The minimum absolute atomic E-state index is 0.0178. The van der Waals surface area contributed by atoms with Crippen molar-refractivity contribution in [2.24, 2.45) is 0 Å². The van der Waals surface area contributed by atoms with Crippen LogP contribution in [0.5, 0.6) is 23.0 Å². The molecule has 0 amide bonds. The fourth-order valence-electron chi connectivity index (χ4n) is 6.38. The van der Waals surface area contributed by atoms with Crippen LogP contribution in [-0.4, -0.2) is 73.6 Å². The number of carbonyl (C=O) groups excluding carboxylic acids is 2. The maximum absolute atomic E-state index is 15.6. The van der Waals surface area contributed by atoms with E-state index in [1.54, 1.807) is 0 Å². The fraction of sp³-hybridized carbons (Fsp3) is 0.391. The number of esters is 2. The lowest BCUT2D eigenvalue weighted by atomic mass is 9.87. The van der Waals surface area contributed by atoms with E-state index in [0.29, 0.717) is 47.8 Å². The molecule has 4 rings (SSSR count). The molecule has 4 aromatic carbocycles. The summed E-state index contributed by atoms with van der Waals surface area (Å²) in [5.41, 5.74) is -10.3. The van der Waals surface area contributed by atoms with Crippen molar-refractivity contribution >= 4 is 41.4 Å². The number of unbranched alkanes of at least 4 members (excludes halogenated alkanes) is 3. The van der Waals surface area contributed by atoms with Crippen molar-refractivity contribution in [1.29, 1.82) is 0 Å². The first-order valence-corrected chi connectivity index (χ1v) is 21.5. The minimum Gasteiger partial charge on any atom is -0.498 e. The number of rotatable bonds is 24. The lowest BCUT2D eigenvalue weighted by Crippen LogP contribution is -2.60. The molecule has 27 heteroatoms. The first kappa shape index (κ1) is 59.5. The van der Waals surface area contributed by atoms with Gasteiger partial charge in [0.1, 0.15) is 19.0 Å². The van der Waals surface area contributed by atoms with Gasteiger partial charge in [0.15, 0.2) is 23.1 Å². The predicted octanol–water partition coefficient (Wildman–Crippen LogP) is 15.1. The monoisotopic (exact) mass is 1090 g/mol. The molecule has 0 unspecified atom stereocenters. The normalized spacial score (nSPS) is 13.3. The molecule has 0 aliphatic carbocycles. The zero-order chi connectivity index (χ0) is 55.2. The van der Waals surface area contributed by atoms with Crippen molar-refractivity contribution in [2.75, 3.05) is 25.6 Å². The molecule has 0 aliphatic rings. The van der Waals surface area contributed by atoms with Crippen LogP contribution in [0.25, 0.3) is 16.8 Å². The Balaban J connectivity index is 1.77. The third-order valence-corrected chi connectivity index (χ3v) is 10.6. The number of ether oxygens (including phenoxy) is 5. The van der Waals surface area contributed by atoms with Crippen LogP contribution in [0, 0.1) is 5.82 Å². The summed E-state index contributed by atoms with van der Waals surface area (Å²) in [4.78, 5) is 26.5. The number of hydrogen-bond acceptors (Lipinski definition) is 8. The third-order valence-electron chi connectivity index (χ3n) is 10.3. The van der Waals surface area contributed by atoms with Gasteiger partial charge in [-0.05, 0) is 85.0 Å². The summed E-state index contributed by atoms with van der Waals surface area (Å²) in [6.45, 7) is 4.92. The Hall–Kier alpha value is -6.02. The van der Waals surface area contributed by atoms with Crippen molar-refractivity contribution in [1.82, 2.24) is 0 Å². The van der Waals surface area contributed by atoms with Gasteiger partial charge in [0.2, 0.25) is 0 Å². The Labute approximate surface area is 406 Å². The highest BCUT2D eigenvalue weighted by molar-refractivity contribution is 7.80. The number of allylic oxidation sites excluding steroid dienone is 1. The highest BCUT2D eigenvalue weighted by atomic mass is 32.1. The molecule has 0 spiro atoms. The Bertz CT molecular complexity index is 2650. The van der Waals surface area contributed by atoms with Crippen LogP contribution in [-0.2, 0) is 16.6 Å². The van der Waals surface area contributed by atoms with Crippen molar-refractivity contribution in [3.63, 3.8) is 0 Å². The first-order valence-electron chi connectivity index (χ1n) is 20.8. The molecule has 0 saturated carbocycles. The summed E-state index contributed by atoms with van der Waals surface area (Å²) in [6.07, 6.45) is -10.6. The number of carbonyl (C=O) groups is 2. The van der Waals surface area contributed by atoms with Crippen molar-refractivity contribution in [3.05, 3.63) is 113 Å². The molecule has 0 bridgehead atoms. The number of benzene rings is 4. The van der Waals surface area contributed by atoms with Gasteiger partial charge in [0.25, 0.3) is 0 Å². The lowest BCUT2D eigenvalue weighted by Gasteiger charge is -2.36. The van der Waals surface area contributed by atoms with Gasteiger partial charge in [0.05, 0.1) is 24.0 Å². The van der Waals surface area contributed by atoms with Crippen LogP contribution in [0.2, 0.25) is 0 Å². The van der Waals surface area contributed by atoms with Crippen LogP contribution in [0.3, 0.4) is 0 Å². The average molecular weight is 1090 g/mol. The highest BCUT2D eigenvalue weighted by Gasteiger charge is 2.84. The van der Waals surface area contributed by atoms with E-state index < -0.39 is 118 Å². The molecule has 0 fully saturated rings. The largest absolute Gasteiger partial charge is 0.498 e. The molecular formula is C46H37F19O7S. The molecule has 0 N–H and O–H groups in total. The molecule has 0 aliphatic heterocycles. The van der Waals surface area contributed by atoms with Gasteiger partial charge in [-0.2, -0.15) is 91.7 Å². The maximum atomic E-state index is 15.6. The van der Waals surface area contributed by atoms with Crippen molar-refractivity contribution < 1.29 is 117 Å². The van der Waals surface area contributed by atoms with Crippen molar-refractivity contribution in [2.45, 2.75) is 86.9 Å². The maximum Gasteiger partial charge on any atom is 0.460 e. The summed E-state index contributed by atoms with van der Waals surface area (Å²) in [6, 6.07) is 5.58. The number of halogens is 19. The summed E-state index contributed by atoms with van der Waals surface area (Å²) in [5, 5.41) is 0.761. The first-order chi connectivity index (χ1) is 33.7. The molecule has 0 atom stereocenters. The van der Waals surface area contributed by atoms with E-state index in [9.17, 15) is 71.1 Å². The van der Waals surface area contributed by atoms with Gasteiger partial charge in [0, 0.05) is 22.1 Å². The van der Waals surface area contributed by atoms with Crippen LogP contribution in [0.15, 0.2) is 79.6 Å². The molecule has 0 aromatic heterocycles. The highest BCUT2D eigenvalue weighted by Crippen LogP contribution is 2.61. The molecule has 73 heavy (non-hydrogen) atoms. The van der Waals surface area contributed by atoms with Crippen LogP contribution in [0.1, 0.15) is 76.4 Å². The Morgan fingerprint density at radius 2 is 1.14 bits per heavy atom. The lowest BCUT2D eigenvalue weighted by molar-refractivity contribution is -0.400. The molecule has 0 heterocycles. The minimum atomic E-state index is -7.85. The smallest absolute Gasteiger partial charge is 0.460 e. The van der Waals surface area contributed by atoms with Crippen LogP contribution in [0.4, 0.5) is 83.4 Å². The summed E-state index contributed by atoms with van der Waals surface area (Å²) in [5.74, 6) is -53.0.